The van der Waals surface area contributed by atoms with Crippen molar-refractivity contribution in [1.29, 1.82) is 0 Å². The molecule has 1 aromatic rings. The average Bonchev–Trinajstić information content (AvgIpc) is 2.62. The SMILES string of the molecule is [B+2]c1ccc(OC2CCCC2)cc1.[OH-].[OH-]. The zero-order chi connectivity index (χ0) is 9.10. The molecular formula is C11H15BO3. The number of ether oxygens (including phenoxy) is 1. The summed E-state index contributed by atoms with van der Waals surface area (Å²) in [4.78, 5) is 0. The molecule has 0 spiro atoms. The molecular weight excluding hydrogens is 191 g/mol. The van der Waals surface area contributed by atoms with Crippen LogP contribution in [0.3, 0.4) is 0 Å². The predicted molar refractivity (Wildman–Crippen MR) is 58.6 cm³/mol. The summed E-state index contributed by atoms with van der Waals surface area (Å²) >= 11 is 0. The maximum atomic E-state index is 5.77. The van der Waals surface area contributed by atoms with E-state index in [1.165, 1.54) is 25.7 Å². The molecule has 0 unspecified atom stereocenters. The van der Waals surface area contributed by atoms with Crippen molar-refractivity contribution in [3.8, 4) is 5.75 Å². The molecule has 0 aliphatic heterocycles. The largest absolute Gasteiger partial charge is 0.870 e. The quantitative estimate of drug-likeness (QED) is 0.687. The van der Waals surface area contributed by atoms with Gasteiger partial charge in [0.1, 0.15) is 0 Å². The summed E-state index contributed by atoms with van der Waals surface area (Å²) < 4.78 is 5.77. The minimum Gasteiger partial charge on any atom is -0.870 e. The van der Waals surface area contributed by atoms with Crippen molar-refractivity contribution in [3.63, 3.8) is 0 Å². The Labute approximate surface area is 91.5 Å². The van der Waals surface area contributed by atoms with E-state index in [1.807, 2.05) is 24.3 Å². The number of rotatable bonds is 2. The van der Waals surface area contributed by atoms with E-state index < -0.39 is 0 Å². The Balaban J connectivity index is 0.000000980. The van der Waals surface area contributed by atoms with E-state index in [9.17, 15) is 0 Å². The van der Waals surface area contributed by atoms with Crippen LogP contribution in [0.4, 0.5) is 0 Å². The summed E-state index contributed by atoms with van der Waals surface area (Å²) in [7, 11) is 5.58. The third-order valence-electron chi connectivity index (χ3n) is 2.49. The molecule has 0 saturated heterocycles. The van der Waals surface area contributed by atoms with Crippen LogP contribution in [-0.2, 0) is 0 Å². The van der Waals surface area contributed by atoms with Crippen LogP contribution in [0.15, 0.2) is 24.3 Å². The fraction of sp³-hybridized carbons (Fsp3) is 0.455. The van der Waals surface area contributed by atoms with E-state index in [0.717, 1.165) is 11.2 Å². The van der Waals surface area contributed by atoms with Gasteiger partial charge in [0.25, 0.3) is 0 Å². The molecule has 0 amide bonds. The summed E-state index contributed by atoms with van der Waals surface area (Å²) in [5.41, 5.74) is 0.791. The second kappa shape index (κ2) is 6.48. The van der Waals surface area contributed by atoms with Gasteiger partial charge in [0.05, 0.1) is 0 Å². The van der Waals surface area contributed by atoms with Crippen molar-refractivity contribution in [2.24, 2.45) is 0 Å². The Morgan fingerprint density at radius 1 is 1.00 bits per heavy atom. The van der Waals surface area contributed by atoms with Crippen molar-refractivity contribution in [2.45, 2.75) is 31.8 Å². The Kier molecular flexibility index (Phi) is 6.05. The topological polar surface area (TPSA) is 69.2 Å². The molecule has 3 nitrogen and oxygen atoms in total. The Bertz CT molecular complexity index is 268. The monoisotopic (exact) mass is 206 g/mol. The van der Waals surface area contributed by atoms with Gasteiger partial charge in [-0.2, -0.15) is 0 Å². The predicted octanol–water partition coefficient (Wildman–Crippen LogP) is 1.45. The third kappa shape index (κ3) is 3.94. The van der Waals surface area contributed by atoms with Gasteiger partial charge < -0.3 is 11.0 Å². The molecule has 0 atom stereocenters. The molecule has 80 valence electrons. The molecule has 1 aromatic carbocycles. The van der Waals surface area contributed by atoms with Crippen molar-refractivity contribution in [2.75, 3.05) is 0 Å². The van der Waals surface area contributed by atoms with Gasteiger partial charge in [0, 0.05) is 0 Å². The molecule has 1 fully saturated rings. The van der Waals surface area contributed by atoms with E-state index in [-0.39, 0.29) is 11.0 Å². The molecule has 1 aliphatic rings. The van der Waals surface area contributed by atoms with Gasteiger partial charge in [-0.25, -0.2) is 0 Å². The summed E-state index contributed by atoms with van der Waals surface area (Å²) in [6, 6.07) is 7.63. The first-order chi connectivity index (χ1) is 6.34. The van der Waals surface area contributed by atoms with E-state index >= 15 is 0 Å². The second-order valence-electron chi connectivity index (χ2n) is 3.59. The van der Waals surface area contributed by atoms with Gasteiger partial charge >= 0.3 is 79.8 Å². The van der Waals surface area contributed by atoms with Crippen LogP contribution >= 0.6 is 0 Å². The Hall–Kier alpha value is -0.995. The first-order valence-corrected chi connectivity index (χ1v) is 4.87. The molecule has 1 saturated carbocycles. The van der Waals surface area contributed by atoms with Crippen molar-refractivity contribution >= 4 is 13.3 Å². The normalized spacial score (nSPS) is 15.3. The summed E-state index contributed by atoms with van der Waals surface area (Å²) in [5, 5.41) is 0. The van der Waals surface area contributed by atoms with Gasteiger partial charge in [-0.15, -0.1) is 0 Å². The first kappa shape index (κ1) is 14.0. The van der Waals surface area contributed by atoms with E-state index in [2.05, 4.69) is 0 Å². The van der Waals surface area contributed by atoms with Crippen LogP contribution in [0.2, 0.25) is 0 Å². The van der Waals surface area contributed by atoms with Crippen LogP contribution in [0.25, 0.3) is 0 Å². The molecule has 0 aromatic heterocycles. The zero-order valence-electron chi connectivity index (χ0n) is 8.60. The Morgan fingerprint density at radius 3 is 2.07 bits per heavy atom. The molecule has 2 N–H and O–H groups in total. The van der Waals surface area contributed by atoms with E-state index in [0.29, 0.717) is 6.10 Å². The minimum absolute atomic E-state index is 0. The number of benzene rings is 1. The maximum absolute atomic E-state index is 5.77. The van der Waals surface area contributed by atoms with E-state index in [1.54, 1.807) is 0 Å². The first-order valence-electron chi connectivity index (χ1n) is 4.87. The Morgan fingerprint density at radius 2 is 1.53 bits per heavy atom. The molecule has 0 radical (unpaired) electrons. The van der Waals surface area contributed by atoms with Crippen LogP contribution in [0.5, 0.6) is 5.75 Å². The number of hydrogen-bond acceptors (Lipinski definition) is 3. The van der Waals surface area contributed by atoms with Crippen LogP contribution in [0, 0.1) is 0 Å². The van der Waals surface area contributed by atoms with Gasteiger partial charge in [-0.3, -0.25) is 0 Å². The van der Waals surface area contributed by atoms with Crippen molar-refractivity contribution in [1.82, 2.24) is 0 Å². The fourth-order valence-corrected chi connectivity index (χ4v) is 1.75. The van der Waals surface area contributed by atoms with Crippen molar-refractivity contribution in [3.05, 3.63) is 24.3 Å². The summed E-state index contributed by atoms with van der Waals surface area (Å²) in [6.07, 6.45) is 5.44. The fourth-order valence-electron chi connectivity index (χ4n) is 1.75. The molecule has 2 rings (SSSR count). The van der Waals surface area contributed by atoms with Gasteiger partial charge in [-0.05, 0) is 0 Å². The van der Waals surface area contributed by atoms with E-state index in [4.69, 9.17) is 12.6 Å². The van der Waals surface area contributed by atoms with Crippen LogP contribution in [-0.4, -0.2) is 24.9 Å². The van der Waals surface area contributed by atoms with Gasteiger partial charge in [-0.1, -0.05) is 0 Å². The maximum Gasteiger partial charge on any atom is -0.870 e. The summed E-state index contributed by atoms with van der Waals surface area (Å²) in [5.74, 6) is 0.945. The molecule has 15 heavy (non-hydrogen) atoms. The molecule has 4 heteroatoms. The van der Waals surface area contributed by atoms with Crippen LogP contribution < -0.4 is 10.2 Å². The number of hydrogen-bond donors (Lipinski definition) is 0. The minimum atomic E-state index is 0. The average molecular weight is 206 g/mol. The van der Waals surface area contributed by atoms with Crippen LogP contribution in [0.1, 0.15) is 25.7 Å². The molecule has 1 aliphatic carbocycles. The summed E-state index contributed by atoms with van der Waals surface area (Å²) in [6.45, 7) is 0. The van der Waals surface area contributed by atoms with Crippen molar-refractivity contribution < 1.29 is 15.7 Å². The van der Waals surface area contributed by atoms with Gasteiger partial charge in [0.2, 0.25) is 0 Å². The third-order valence-corrected chi connectivity index (χ3v) is 2.49. The molecule has 0 heterocycles. The molecule has 0 bridgehead atoms. The standard InChI is InChI=1S/C11H13BO.2H2O/c12-9-5-7-11(8-6-9)13-10-3-1-2-4-10;;/h5-8,10H,1-4H2;2*1H2/q+2;;/p-2. The smallest absolute Gasteiger partial charge is 0.870 e. The zero-order valence-corrected chi connectivity index (χ0v) is 8.60. The van der Waals surface area contributed by atoms with Gasteiger partial charge in [0.15, 0.2) is 0 Å². The second-order valence-corrected chi connectivity index (χ2v) is 3.59.